The molecule has 0 radical (unpaired) electrons. The minimum absolute atomic E-state index is 0.666. The Morgan fingerprint density at radius 2 is 2.00 bits per heavy atom. The summed E-state index contributed by atoms with van der Waals surface area (Å²) in [4.78, 5) is 4.14. The molecule has 3 N–H and O–H groups in total. The van der Waals surface area contributed by atoms with Gasteiger partial charge in [0.15, 0.2) is 0 Å². The number of hydrogen-bond donors (Lipinski definition) is 2. The molecule has 1 fully saturated rings. The number of aliphatic imine (C=N–C) groups is 1. The molecule has 0 amide bonds. The zero-order chi connectivity index (χ0) is 10.4. The van der Waals surface area contributed by atoms with E-state index in [4.69, 9.17) is 5.73 Å². The molecule has 0 aromatic heterocycles. The summed E-state index contributed by atoms with van der Waals surface area (Å²) in [6.07, 6.45) is 6.70. The predicted octanol–water partition coefficient (Wildman–Crippen LogP) is 1.88. The molecule has 0 bridgehead atoms. The molecule has 1 rings (SSSR count). The van der Waals surface area contributed by atoms with Crippen LogP contribution in [0.5, 0.6) is 0 Å². The van der Waals surface area contributed by atoms with Crippen molar-refractivity contribution in [1.82, 2.24) is 5.32 Å². The predicted molar refractivity (Wildman–Crippen MR) is 61.3 cm³/mol. The second-order valence-electron chi connectivity index (χ2n) is 4.29. The molecular formula is C11H23N3. The van der Waals surface area contributed by atoms with Gasteiger partial charge in [0.1, 0.15) is 0 Å². The summed E-state index contributed by atoms with van der Waals surface area (Å²) in [6, 6.07) is 0.667. The molecule has 0 atom stereocenters. The summed E-state index contributed by atoms with van der Waals surface area (Å²) >= 11 is 0. The van der Waals surface area contributed by atoms with Gasteiger partial charge in [-0.1, -0.05) is 13.3 Å². The van der Waals surface area contributed by atoms with Crippen LogP contribution in [0.3, 0.4) is 0 Å². The van der Waals surface area contributed by atoms with Gasteiger partial charge in [-0.3, -0.25) is 10.3 Å². The molecular weight excluding hydrogens is 174 g/mol. The van der Waals surface area contributed by atoms with Gasteiger partial charge in [-0.05, 0) is 38.5 Å². The van der Waals surface area contributed by atoms with Gasteiger partial charge in [-0.25, -0.2) is 0 Å². The van der Waals surface area contributed by atoms with Gasteiger partial charge in [0.25, 0.3) is 0 Å². The minimum Gasteiger partial charge on any atom is -0.388 e. The third-order valence-corrected chi connectivity index (χ3v) is 3.13. The van der Waals surface area contributed by atoms with Gasteiger partial charge in [0.2, 0.25) is 0 Å². The van der Waals surface area contributed by atoms with Crippen molar-refractivity contribution in [3.05, 3.63) is 0 Å². The molecule has 0 saturated heterocycles. The molecule has 0 aromatic rings. The number of nitrogens with zero attached hydrogens (tertiary/aromatic N) is 1. The van der Waals surface area contributed by atoms with Crippen molar-refractivity contribution < 1.29 is 0 Å². The van der Waals surface area contributed by atoms with Crippen LogP contribution in [-0.4, -0.2) is 18.5 Å². The number of rotatable bonds is 4. The first-order valence-electron chi connectivity index (χ1n) is 5.72. The highest BCUT2D eigenvalue weighted by Gasteiger charge is 2.18. The lowest BCUT2D eigenvalue weighted by molar-refractivity contribution is 0.288. The average Bonchev–Trinajstić information content (AvgIpc) is 2.18. The van der Waals surface area contributed by atoms with Gasteiger partial charge >= 0.3 is 0 Å². The van der Waals surface area contributed by atoms with E-state index < -0.39 is 0 Å². The Morgan fingerprint density at radius 3 is 2.50 bits per heavy atom. The molecule has 0 spiro atoms. The molecule has 3 heteroatoms. The van der Waals surface area contributed by atoms with Gasteiger partial charge in [0, 0.05) is 6.04 Å². The van der Waals surface area contributed by atoms with Crippen molar-refractivity contribution in [3.8, 4) is 0 Å². The zero-order valence-corrected chi connectivity index (χ0v) is 9.42. The first-order valence-corrected chi connectivity index (χ1v) is 5.72. The highest BCUT2D eigenvalue weighted by atomic mass is 15.0. The Hall–Kier alpha value is -0.570. The molecule has 3 nitrogen and oxygen atoms in total. The van der Waals surface area contributed by atoms with E-state index in [1.54, 1.807) is 0 Å². The first-order chi connectivity index (χ1) is 6.72. The van der Waals surface area contributed by atoms with Crippen LogP contribution in [0.1, 0.15) is 46.0 Å². The number of nitrogens with one attached hydrogen (secondary N) is 1. The molecule has 1 saturated carbocycles. The van der Waals surface area contributed by atoms with Gasteiger partial charge < -0.3 is 5.73 Å². The van der Waals surface area contributed by atoms with Crippen LogP contribution >= 0.6 is 0 Å². The zero-order valence-electron chi connectivity index (χ0n) is 9.42. The van der Waals surface area contributed by atoms with Crippen LogP contribution in [0.2, 0.25) is 0 Å². The van der Waals surface area contributed by atoms with Crippen LogP contribution < -0.4 is 11.1 Å². The summed E-state index contributed by atoms with van der Waals surface area (Å²) in [5, 5.41) is 3.43. The van der Waals surface area contributed by atoms with Crippen molar-refractivity contribution in [2.45, 2.75) is 52.0 Å². The summed E-state index contributed by atoms with van der Waals surface area (Å²) < 4.78 is 0. The Labute approximate surface area is 87.2 Å². The van der Waals surface area contributed by atoms with Crippen molar-refractivity contribution in [2.24, 2.45) is 16.6 Å². The summed E-state index contributed by atoms with van der Waals surface area (Å²) in [5.41, 5.74) is 5.46. The molecule has 0 unspecified atom stereocenters. The summed E-state index contributed by atoms with van der Waals surface area (Å²) in [6.45, 7) is 4.81. The van der Waals surface area contributed by atoms with Crippen molar-refractivity contribution in [2.75, 3.05) is 6.67 Å². The second-order valence-corrected chi connectivity index (χ2v) is 4.29. The normalized spacial score (nSPS) is 29.1. The van der Waals surface area contributed by atoms with E-state index in [-0.39, 0.29) is 0 Å². The van der Waals surface area contributed by atoms with Crippen molar-refractivity contribution in [1.29, 1.82) is 0 Å². The van der Waals surface area contributed by atoms with E-state index in [1.165, 1.54) is 32.1 Å². The van der Waals surface area contributed by atoms with Crippen molar-refractivity contribution >= 4 is 5.84 Å². The quantitative estimate of drug-likeness (QED) is 0.534. The molecule has 0 aromatic carbocycles. The van der Waals surface area contributed by atoms with E-state index in [2.05, 4.69) is 17.2 Å². The van der Waals surface area contributed by atoms with Gasteiger partial charge in [-0.2, -0.15) is 0 Å². The third kappa shape index (κ3) is 4.09. The fraction of sp³-hybridized carbons (Fsp3) is 0.909. The lowest BCUT2D eigenvalue weighted by atomic mass is 9.85. The fourth-order valence-corrected chi connectivity index (χ4v) is 2.07. The molecule has 0 heterocycles. The van der Waals surface area contributed by atoms with E-state index in [0.29, 0.717) is 18.5 Å². The Morgan fingerprint density at radius 1 is 1.36 bits per heavy atom. The van der Waals surface area contributed by atoms with Crippen LogP contribution in [0.15, 0.2) is 4.99 Å². The Kier molecular flexibility index (Phi) is 4.94. The highest BCUT2D eigenvalue weighted by molar-refractivity contribution is 5.77. The van der Waals surface area contributed by atoms with E-state index in [0.717, 1.165) is 5.92 Å². The van der Waals surface area contributed by atoms with E-state index in [9.17, 15) is 0 Å². The first kappa shape index (κ1) is 11.5. The smallest absolute Gasteiger partial charge is 0.0921 e. The standard InChI is InChI=1S/C11H23N3/c1-3-10-4-6-11(7-5-10)14-8-13-9(2)12/h10-11,14H,3-8H2,1-2H3,(H2,12,13). The largest absolute Gasteiger partial charge is 0.388 e. The molecule has 14 heavy (non-hydrogen) atoms. The number of amidine groups is 1. The lowest BCUT2D eigenvalue weighted by Crippen LogP contribution is -2.33. The molecule has 0 aliphatic heterocycles. The third-order valence-electron chi connectivity index (χ3n) is 3.13. The molecule has 82 valence electrons. The molecule has 1 aliphatic rings. The Bertz CT molecular complexity index is 177. The van der Waals surface area contributed by atoms with E-state index >= 15 is 0 Å². The highest BCUT2D eigenvalue weighted by Crippen LogP contribution is 2.26. The summed E-state index contributed by atoms with van der Waals surface area (Å²) in [5.74, 6) is 1.63. The molecule has 1 aliphatic carbocycles. The summed E-state index contributed by atoms with van der Waals surface area (Å²) in [7, 11) is 0. The van der Waals surface area contributed by atoms with Gasteiger partial charge in [0.05, 0.1) is 12.5 Å². The monoisotopic (exact) mass is 197 g/mol. The SMILES string of the molecule is CCC1CCC(NC/N=C(/C)N)CC1. The fourth-order valence-electron chi connectivity index (χ4n) is 2.07. The maximum absolute atomic E-state index is 5.46. The van der Waals surface area contributed by atoms with Crippen LogP contribution in [-0.2, 0) is 0 Å². The maximum atomic E-state index is 5.46. The number of hydrogen-bond acceptors (Lipinski definition) is 2. The second kappa shape index (κ2) is 6.02. The Balaban J connectivity index is 2.13. The van der Waals surface area contributed by atoms with Crippen LogP contribution in [0.4, 0.5) is 0 Å². The van der Waals surface area contributed by atoms with Crippen molar-refractivity contribution in [3.63, 3.8) is 0 Å². The van der Waals surface area contributed by atoms with Gasteiger partial charge in [-0.15, -0.1) is 0 Å². The average molecular weight is 197 g/mol. The number of nitrogens with two attached hydrogens (primary N) is 1. The maximum Gasteiger partial charge on any atom is 0.0921 e. The topological polar surface area (TPSA) is 50.4 Å². The van der Waals surface area contributed by atoms with Crippen LogP contribution in [0.25, 0.3) is 0 Å². The van der Waals surface area contributed by atoms with Crippen LogP contribution in [0, 0.1) is 5.92 Å². The van der Waals surface area contributed by atoms with E-state index in [1.807, 2.05) is 6.92 Å². The minimum atomic E-state index is 0.666. The lowest BCUT2D eigenvalue weighted by Gasteiger charge is -2.28.